The molecule has 39 heavy (non-hydrogen) atoms. The summed E-state index contributed by atoms with van der Waals surface area (Å²) in [7, 11) is 0. The third-order valence-corrected chi connectivity index (χ3v) is 6.12. The van der Waals surface area contributed by atoms with Crippen molar-refractivity contribution in [1.29, 1.82) is 0 Å². The summed E-state index contributed by atoms with van der Waals surface area (Å²) < 4.78 is 0. The highest BCUT2D eigenvalue weighted by Crippen LogP contribution is 2.24. The monoisotopic (exact) mass is 548 g/mol. The Balaban J connectivity index is 0.00000420. The first-order chi connectivity index (χ1) is 18.2. The van der Waals surface area contributed by atoms with E-state index >= 15 is 0 Å². The van der Waals surface area contributed by atoms with Crippen molar-refractivity contribution >= 4 is 47.6 Å². The molecule has 0 radical (unpaired) electrons. The van der Waals surface area contributed by atoms with Gasteiger partial charge in [0.15, 0.2) is 5.78 Å². The fraction of sp³-hybridized carbons (Fsp3) is 0.143. The number of carbonyl (C=O) groups excluding carboxylic acids is 2. The Morgan fingerprint density at radius 2 is 1.26 bits per heavy atom. The van der Waals surface area contributed by atoms with Crippen molar-refractivity contribution in [1.82, 2.24) is 4.90 Å². The lowest BCUT2D eigenvalue weighted by Gasteiger charge is -2.32. The largest absolute Gasteiger partial charge is 0.332 e. The predicted octanol–water partition coefficient (Wildman–Crippen LogP) is 4.37. The lowest BCUT2D eigenvalue weighted by atomic mass is 9.93. The molecule has 4 rings (SSSR count). The zero-order valence-corrected chi connectivity index (χ0v) is 21.5. The molecule has 0 aliphatic carbocycles. The van der Waals surface area contributed by atoms with Crippen molar-refractivity contribution in [2.75, 3.05) is 13.1 Å². The van der Waals surface area contributed by atoms with Crippen molar-refractivity contribution in [3.8, 4) is 0 Å². The molecule has 11 heteroatoms. The van der Waals surface area contributed by atoms with E-state index in [0.717, 1.165) is 5.56 Å². The smallest absolute Gasteiger partial charge is 0.269 e. The molecule has 1 saturated heterocycles. The van der Waals surface area contributed by atoms with Gasteiger partial charge in [-0.25, -0.2) is 0 Å². The minimum atomic E-state index is -0.827. The van der Waals surface area contributed by atoms with Gasteiger partial charge in [0.2, 0.25) is 5.91 Å². The summed E-state index contributed by atoms with van der Waals surface area (Å²) in [6, 6.07) is 20.0. The SMILES string of the molecule is Cl.N[C@@H](Cc1ccccc1)C(=O)N1C/C(=C\c2ccc([N+](=O)[O-])cc2)C(=O)/C(=C/c2ccc([N+](=O)[O-])cc2)C1. The maximum atomic E-state index is 13.4. The lowest BCUT2D eigenvalue weighted by molar-refractivity contribution is -0.385. The molecule has 0 spiro atoms. The molecule has 0 unspecified atom stereocenters. The molecule has 1 heterocycles. The van der Waals surface area contributed by atoms with Crippen LogP contribution in [-0.2, 0) is 16.0 Å². The maximum absolute atomic E-state index is 13.4. The molecule has 1 amide bonds. The molecule has 0 bridgehead atoms. The summed E-state index contributed by atoms with van der Waals surface area (Å²) in [6.07, 6.45) is 3.52. The molecule has 1 fully saturated rings. The molecular formula is C28H25ClN4O6. The molecule has 3 aromatic rings. The molecule has 2 N–H and O–H groups in total. The number of amides is 1. The highest BCUT2D eigenvalue weighted by Gasteiger charge is 2.31. The van der Waals surface area contributed by atoms with Crippen LogP contribution in [0.5, 0.6) is 0 Å². The highest BCUT2D eigenvalue weighted by molar-refractivity contribution is 6.15. The van der Waals surface area contributed by atoms with Gasteiger partial charge in [0.05, 0.1) is 15.9 Å². The minimum Gasteiger partial charge on any atom is -0.332 e. The molecule has 1 aliphatic rings. The van der Waals surface area contributed by atoms with Crippen LogP contribution in [0, 0.1) is 20.2 Å². The van der Waals surface area contributed by atoms with E-state index in [9.17, 15) is 29.8 Å². The average molecular weight is 549 g/mol. The molecule has 200 valence electrons. The van der Waals surface area contributed by atoms with Gasteiger partial charge >= 0.3 is 0 Å². The molecule has 0 saturated carbocycles. The summed E-state index contributed by atoms with van der Waals surface area (Å²) in [5, 5.41) is 22.0. The number of non-ortho nitro benzene ring substituents is 2. The number of nitrogens with zero attached hydrogens (tertiary/aromatic N) is 3. The number of nitrogens with two attached hydrogens (primary N) is 1. The summed E-state index contributed by atoms with van der Waals surface area (Å²) in [6.45, 7) is 0.0451. The van der Waals surface area contributed by atoms with Crippen LogP contribution in [-0.4, -0.2) is 45.6 Å². The van der Waals surface area contributed by atoms with E-state index < -0.39 is 15.9 Å². The Hall–Kier alpha value is -4.67. The standard InChI is InChI=1S/C28H24N4O6.ClH/c29-26(16-19-4-2-1-3-5-19)28(34)30-17-22(14-20-6-10-24(11-7-20)31(35)36)27(33)23(18-30)15-21-8-12-25(13-9-21)32(37)38;/h1-15,26H,16-18,29H2;1H/b22-14+,23-15+;/t26-;/m0./s1. The summed E-state index contributed by atoms with van der Waals surface area (Å²) in [5.74, 6) is -0.618. The number of Topliss-reactive ketones (excluding diaryl/α,β-unsaturated/α-hetero) is 1. The normalized spacial score (nSPS) is 16.0. The number of nitro benzene ring substituents is 2. The van der Waals surface area contributed by atoms with E-state index in [1.165, 1.54) is 53.4 Å². The van der Waals surface area contributed by atoms with Crippen LogP contribution in [0.2, 0.25) is 0 Å². The lowest BCUT2D eigenvalue weighted by Crippen LogP contribution is -2.49. The number of benzene rings is 3. The van der Waals surface area contributed by atoms with Crippen molar-refractivity contribution in [3.05, 3.63) is 127 Å². The van der Waals surface area contributed by atoms with Gasteiger partial charge in [-0.2, -0.15) is 0 Å². The first-order valence-electron chi connectivity index (χ1n) is 11.7. The van der Waals surface area contributed by atoms with Crippen LogP contribution in [0.3, 0.4) is 0 Å². The first-order valence-corrected chi connectivity index (χ1v) is 11.7. The van der Waals surface area contributed by atoms with Gasteiger partial charge in [-0.05, 0) is 59.5 Å². The molecule has 1 aliphatic heterocycles. The summed E-state index contributed by atoms with van der Waals surface area (Å²) >= 11 is 0. The van der Waals surface area contributed by atoms with E-state index in [4.69, 9.17) is 5.73 Å². The Bertz CT molecular complexity index is 1360. The van der Waals surface area contributed by atoms with Crippen LogP contribution >= 0.6 is 12.4 Å². The van der Waals surface area contributed by atoms with Gasteiger partial charge in [-0.15, -0.1) is 12.4 Å². The Morgan fingerprint density at radius 3 is 1.67 bits per heavy atom. The molecule has 10 nitrogen and oxygen atoms in total. The summed E-state index contributed by atoms with van der Waals surface area (Å²) in [5.41, 5.74) is 8.78. The third kappa shape index (κ3) is 7.22. The number of hydrogen-bond donors (Lipinski definition) is 1. The van der Waals surface area contributed by atoms with Gasteiger partial charge in [-0.3, -0.25) is 29.8 Å². The van der Waals surface area contributed by atoms with E-state index in [1.807, 2.05) is 30.3 Å². The number of nitro groups is 2. The van der Waals surface area contributed by atoms with Crippen LogP contribution in [0.4, 0.5) is 11.4 Å². The fourth-order valence-corrected chi connectivity index (χ4v) is 4.17. The molecular weight excluding hydrogens is 524 g/mol. The Morgan fingerprint density at radius 1 is 0.821 bits per heavy atom. The van der Waals surface area contributed by atoms with Crippen LogP contribution in [0.1, 0.15) is 16.7 Å². The van der Waals surface area contributed by atoms with Gasteiger partial charge in [-0.1, -0.05) is 30.3 Å². The maximum Gasteiger partial charge on any atom is 0.269 e. The van der Waals surface area contributed by atoms with Crippen LogP contribution in [0.25, 0.3) is 12.2 Å². The Kier molecular flexibility index (Phi) is 9.43. The van der Waals surface area contributed by atoms with Crippen molar-refractivity contribution in [2.45, 2.75) is 12.5 Å². The second-order valence-electron chi connectivity index (χ2n) is 8.86. The first kappa shape index (κ1) is 28.9. The molecule has 3 aromatic carbocycles. The second-order valence-corrected chi connectivity index (χ2v) is 8.86. The number of carbonyl (C=O) groups is 2. The number of hydrogen-bond acceptors (Lipinski definition) is 7. The fourth-order valence-electron chi connectivity index (χ4n) is 4.17. The van der Waals surface area contributed by atoms with Gasteiger partial charge < -0.3 is 10.6 Å². The number of likely N-dealkylation sites (tertiary alicyclic amines) is 1. The number of ketones is 1. The number of halogens is 1. The number of piperidine rings is 1. The zero-order chi connectivity index (χ0) is 27.2. The third-order valence-electron chi connectivity index (χ3n) is 6.12. The van der Waals surface area contributed by atoms with Crippen LogP contribution < -0.4 is 5.73 Å². The van der Waals surface area contributed by atoms with Gasteiger partial charge in [0.25, 0.3) is 11.4 Å². The van der Waals surface area contributed by atoms with Crippen molar-refractivity contribution < 1.29 is 19.4 Å². The molecule has 1 atom stereocenters. The Labute approximate surface area is 230 Å². The van der Waals surface area contributed by atoms with Gasteiger partial charge in [0, 0.05) is 48.5 Å². The average Bonchev–Trinajstić information content (AvgIpc) is 2.91. The molecule has 0 aromatic heterocycles. The van der Waals surface area contributed by atoms with Crippen molar-refractivity contribution in [2.24, 2.45) is 5.73 Å². The van der Waals surface area contributed by atoms with Crippen molar-refractivity contribution in [3.63, 3.8) is 0 Å². The van der Waals surface area contributed by atoms with E-state index in [2.05, 4.69) is 0 Å². The van der Waals surface area contributed by atoms with E-state index in [0.29, 0.717) is 28.7 Å². The van der Waals surface area contributed by atoms with Crippen LogP contribution in [0.15, 0.2) is 90.0 Å². The highest BCUT2D eigenvalue weighted by atomic mass is 35.5. The second kappa shape index (κ2) is 12.7. The van der Waals surface area contributed by atoms with E-state index in [1.54, 1.807) is 12.2 Å². The summed E-state index contributed by atoms with van der Waals surface area (Å²) in [4.78, 5) is 49.2. The zero-order valence-electron chi connectivity index (χ0n) is 20.6. The van der Waals surface area contributed by atoms with Gasteiger partial charge in [0.1, 0.15) is 0 Å². The number of rotatable bonds is 7. The predicted molar refractivity (Wildman–Crippen MR) is 149 cm³/mol. The van der Waals surface area contributed by atoms with E-state index in [-0.39, 0.29) is 48.6 Å². The minimum absolute atomic E-state index is 0. The topological polar surface area (TPSA) is 150 Å². The quantitative estimate of drug-likeness (QED) is 0.261.